The lowest BCUT2D eigenvalue weighted by Gasteiger charge is -2.21. The van der Waals surface area contributed by atoms with E-state index in [2.05, 4.69) is 9.97 Å². The zero-order chi connectivity index (χ0) is 16.9. The van der Waals surface area contributed by atoms with Crippen molar-refractivity contribution in [2.45, 2.75) is 13.1 Å². The molecule has 0 aliphatic carbocycles. The van der Waals surface area contributed by atoms with E-state index in [1.807, 2.05) is 40.6 Å². The summed E-state index contributed by atoms with van der Waals surface area (Å²) in [6, 6.07) is 9.61. The average Bonchev–Trinajstić information content (AvgIpc) is 3.04. The molecule has 126 valence electrons. The van der Waals surface area contributed by atoms with Gasteiger partial charge in [-0.15, -0.1) is 11.3 Å². The van der Waals surface area contributed by atoms with Crippen LogP contribution in [0.5, 0.6) is 5.75 Å². The minimum atomic E-state index is -0.119. The summed E-state index contributed by atoms with van der Waals surface area (Å²) in [4.78, 5) is 21.4. The summed E-state index contributed by atoms with van der Waals surface area (Å²) in [6.45, 7) is 1.54. The first-order valence-electron chi connectivity index (χ1n) is 7.62. The number of nitrogens with one attached hydrogen (secondary N) is 1. The van der Waals surface area contributed by atoms with Gasteiger partial charge in [-0.05, 0) is 17.5 Å². The molecule has 0 saturated heterocycles. The second kappa shape index (κ2) is 7.57. The normalized spacial score (nSPS) is 11.3. The number of aromatic amines is 1. The first kappa shape index (κ1) is 16.6. The van der Waals surface area contributed by atoms with Crippen LogP contribution in [-0.2, 0) is 13.1 Å². The van der Waals surface area contributed by atoms with E-state index in [9.17, 15) is 9.90 Å². The number of para-hydroxylation sites is 1. The highest BCUT2D eigenvalue weighted by Crippen LogP contribution is 2.20. The molecule has 6 nitrogen and oxygen atoms in total. The fourth-order valence-corrected chi connectivity index (χ4v) is 3.36. The Kier molecular flexibility index (Phi) is 5.24. The third-order valence-electron chi connectivity index (χ3n) is 3.74. The maximum atomic E-state index is 12.1. The Hall–Kier alpha value is -2.22. The van der Waals surface area contributed by atoms with E-state index >= 15 is 0 Å². The molecule has 24 heavy (non-hydrogen) atoms. The van der Waals surface area contributed by atoms with E-state index in [-0.39, 0.29) is 12.2 Å². The lowest BCUT2D eigenvalue weighted by molar-refractivity contribution is 0.180. The van der Waals surface area contributed by atoms with Crippen molar-refractivity contribution in [3.63, 3.8) is 0 Å². The van der Waals surface area contributed by atoms with Crippen molar-refractivity contribution in [1.29, 1.82) is 0 Å². The summed E-state index contributed by atoms with van der Waals surface area (Å²) in [6.07, 6.45) is 0. The van der Waals surface area contributed by atoms with E-state index < -0.39 is 0 Å². The van der Waals surface area contributed by atoms with E-state index in [0.29, 0.717) is 35.7 Å². The maximum absolute atomic E-state index is 12.1. The van der Waals surface area contributed by atoms with Gasteiger partial charge >= 0.3 is 0 Å². The van der Waals surface area contributed by atoms with Crippen molar-refractivity contribution < 1.29 is 9.84 Å². The molecule has 0 aliphatic rings. The molecule has 0 spiro atoms. The lowest BCUT2D eigenvalue weighted by atomic mass is 10.2. The van der Waals surface area contributed by atoms with Gasteiger partial charge in [-0.1, -0.05) is 18.2 Å². The minimum absolute atomic E-state index is 0.0279. The number of aliphatic hydroxyl groups excluding tert-OH is 1. The quantitative estimate of drug-likeness (QED) is 0.685. The third-order valence-corrected chi connectivity index (χ3v) is 4.64. The Morgan fingerprint density at radius 3 is 2.92 bits per heavy atom. The van der Waals surface area contributed by atoms with E-state index in [0.717, 1.165) is 11.3 Å². The molecule has 0 saturated carbocycles. The van der Waals surface area contributed by atoms with Crippen LogP contribution in [-0.4, -0.2) is 40.2 Å². The summed E-state index contributed by atoms with van der Waals surface area (Å²) in [7, 11) is 1.64. The number of nitrogens with zero attached hydrogens (tertiary/aromatic N) is 2. The Balaban J connectivity index is 1.83. The van der Waals surface area contributed by atoms with Gasteiger partial charge in [0, 0.05) is 18.7 Å². The number of benzene rings is 1. The number of aliphatic hydroxyl groups is 1. The number of hydrogen-bond acceptors (Lipinski definition) is 6. The highest BCUT2D eigenvalue weighted by Gasteiger charge is 2.13. The molecule has 2 heterocycles. The number of hydrogen-bond donors (Lipinski definition) is 2. The SMILES string of the molecule is COc1ccccc1CN(CCO)Cc1nc2ccsc2c(=O)[nH]1. The summed E-state index contributed by atoms with van der Waals surface area (Å²) in [5.74, 6) is 1.39. The molecule has 0 atom stereocenters. The van der Waals surface area contributed by atoms with Crippen molar-refractivity contribution in [1.82, 2.24) is 14.9 Å². The highest BCUT2D eigenvalue weighted by atomic mass is 32.1. The van der Waals surface area contributed by atoms with Crippen LogP contribution in [0.3, 0.4) is 0 Å². The molecule has 3 aromatic rings. The molecule has 0 amide bonds. The number of rotatable bonds is 7. The Labute approximate surface area is 143 Å². The van der Waals surface area contributed by atoms with Gasteiger partial charge in [0.15, 0.2) is 0 Å². The summed E-state index contributed by atoms with van der Waals surface area (Å²) in [5.41, 5.74) is 1.61. The number of H-pyrrole nitrogens is 1. The fraction of sp³-hybridized carbons (Fsp3) is 0.294. The van der Waals surface area contributed by atoms with Gasteiger partial charge in [0.2, 0.25) is 0 Å². The summed E-state index contributed by atoms with van der Waals surface area (Å²) >= 11 is 1.38. The topological polar surface area (TPSA) is 78.5 Å². The first-order valence-corrected chi connectivity index (χ1v) is 8.50. The average molecular weight is 345 g/mol. The van der Waals surface area contributed by atoms with Crippen molar-refractivity contribution in [2.75, 3.05) is 20.3 Å². The molecule has 1 aromatic carbocycles. The van der Waals surface area contributed by atoms with Gasteiger partial charge in [-0.2, -0.15) is 0 Å². The third kappa shape index (κ3) is 3.64. The van der Waals surface area contributed by atoms with Crippen LogP contribution in [0, 0.1) is 0 Å². The largest absolute Gasteiger partial charge is 0.496 e. The summed E-state index contributed by atoms with van der Waals surface area (Å²) in [5, 5.41) is 11.2. The molecule has 0 fully saturated rings. The molecule has 7 heteroatoms. The standard InChI is InChI=1S/C17H19N3O3S/c1-23-14-5-3-2-4-12(14)10-20(7-8-21)11-15-18-13-6-9-24-16(13)17(22)19-15/h2-6,9,21H,7-8,10-11H2,1H3,(H,18,19,22). The maximum Gasteiger partial charge on any atom is 0.268 e. The second-order valence-electron chi connectivity index (χ2n) is 5.39. The van der Waals surface area contributed by atoms with Crippen LogP contribution < -0.4 is 10.3 Å². The van der Waals surface area contributed by atoms with Gasteiger partial charge in [0.25, 0.3) is 5.56 Å². The number of thiophene rings is 1. The number of fused-ring (bicyclic) bond motifs is 1. The van der Waals surface area contributed by atoms with Crippen molar-refractivity contribution >= 4 is 21.6 Å². The molecule has 2 aromatic heterocycles. The van der Waals surface area contributed by atoms with E-state index in [1.165, 1.54) is 11.3 Å². The zero-order valence-corrected chi connectivity index (χ0v) is 14.2. The molecule has 0 bridgehead atoms. The van der Waals surface area contributed by atoms with Gasteiger partial charge in [0.05, 0.1) is 25.8 Å². The molecule has 0 unspecified atom stereocenters. The molecule has 2 N–H and O–H groups in total. The second-order valence-corrected chi connectivity index (χ2v) is 6.31. The zero-order valence-electron chi connectivity index (χ0n) is 13.4. The van der Waals surface area contributed by atoms with Gasteiger partial charge in [-0.25, -0.2) is 4.98 Å². The monoisotopic (exact) mass is 345 g/mol. The van der Waals surface area contributed by atoms with Crippen molar-refractivity contribution in [2.24, 2.45) is 0 Å². The Morgan fingerprint density at radius 2 is 2.12 bits per heavy atom. The Morgan fingerprint density at radius 1 is 1.29 bits per heavy atom. The van der Waals surface area contributed by atoms with Crippen LogP contribution in [0.4, 0.5) is 0 Å². The smallest absolute Gasteiger partial charge is 0.268 e. The van der Waals surface area contributed by atoms with Crippen LogP contribution in [0.15, 0.2) is 40.5 Å². The molecule has 3 rings (SSSR count). The molecule has 0 radical (unpaired) electrons. The van der Waals surface area contributed by atoms with Crippen LogP contribution in [0.2, 0.25) is 0 Å². The van der Waals surface area contributed by atoms with E-state index in [4.69, 9.17) is 4.74 Å². The van der Waals surface area contributed by atoms with Gasteiger partial charge in [0.1, 0.15) is 16.3 Å². The van der Waals surface area contributed by atoms with Crippen LogP contribution >= 0.6 is 11.3 Å². The lowest BCUT2D eigenvalue weighted by Crippen LogP contribution is -2.28. The highest BCUT2D eigenvalue weighted by molar-refractivity contribution is 7.17. The number of ether oxygens (including phenoxy) is 1. The summed E-state index contributed by atoms with van der Waals surface area (Å²) < 4.78 is 6.02. The van der Waals surface area contributed by atoms with Gasteiger partial charge < -0.3 is 14.8 Å². The fourth-order valence-electron chi connectivity index (χ4n) is 2.64. The number of methoxy groups -OCH3 is 1. The van der Waals surface area contributed by atoms with Gasteiger partial charge in [-0.3, -0.25) is 9.69 Å². The predicted octanol–water partition coefficient (Wildman–Crippen LogP) is 1.99. The van der Waals surface area contributed by atoms with Crippen molar-refractivity contribution in [3.8, 4) is 5.75 Å². The van der Waals surface area contributed by atoms with Crippen molar-refractivity contribution in [3.05, 3.63) is 57.5 Å². The van der Waals surface area contributed by atoms with E-state index in [1.54, 1.807) is 7.11 Å². The van der Waals surface area contributed by atoms with Crippen LogP contribution in [0.25, 0.3) is 10.2 Å². The van der Waals surface area contributed by atoms with Crippen LogP contribution in [0.1, 0.15) is 11.4 Å². The first-order chi connectivity index (χ1) is 11.7. The predicted molar refractivity (Wildman–Crippen MR) is 94.4 cm³/mol. The Bertz CT molecular complexity index is 875. The number of aromatic nitrogens is 2. The minimum Gasteiger partial charge on any atom is -0.496 e. The molecular formula is C17H19N3O3S. The molecule has 0 aliphatic heterocycles. The molecular weight excluding hydrogens is 326 g/mol.